The van der Waals surface area contributed by atoms with E-state index in [9.17, 15) is 4.21 Å². The Morgan fingerprint density at radius 3 is 2.64 bits per heavy atom. The molecule has 2 aliphatic rings. The smallest absolute Gasteiger partial charge is 0.0906 e. The van der Waals surface area contributed by atoms with Crippen LogP contribution in [0, 0.1) is 4.78 Å². The fourth-order valence-corrected chi connectivity index (χ4v) is 4.86. The zero-order valence-corrected chi connectivity index (χ0v) is 13.7. The van der Waals surface area contributed by atoms with E-state index >= 15 is 0 Å². The minimum atomic E-state index is -2.80. The Balaban J connectivity index is 1.84. The van der Waals surface area contributed by atoms with Gasteiger partial charge in [-0.3, -0.25) is 0 Å². The van der Waals surface area contributed by atoms with Gasteiger partial charge in [0.15, 0.2) is 0 Å². The van der Waals surface area contributed by atoms with Crippen molar-refractivity contribution in [1.29, 1.82) is 4.78 Å². The van der Waals surface area contributed by atoms with Crippen LogP contribution in [0.3, 0.4) is 0 Å². The molecule has 0 aliphatic carbocycles. The third-order valence-corrected chi connectivity index (χ3v) is 6.03. The molecule has 2 bridgehead atoms. The van der Waals surface area contributed by atoms with Gasteiger partial charge in [0, 0.05) is 17.2 Å². The molecular weight excluding hydrogens is 318 g/mol. The molecule has 2 aromatic carbocycles. The first-order chi connectivity index (χ1) is 10.4. The highest BCUT2D eigenvalue weighted by molar-refractivity contribution is 7.91. The van der Waals surface area contributed by atoms with Crippen molar-refractivity contribution in [2.24, 2.45) is 0 Å². The SMILES string of the molecule is CS(=N)(=O)c1ccc(Cl)cc1[C@@H]1C[C@@H]2O[C@H]1c1ccccc12. The Labute approximate surface area is 135 Å². The van der Waals surface area contributed by atoms with E-state index < -0.39 is 9.73 Å². The lowest BCUT2D eigenvalue weighted by Crippen LogP contribution is -2.12. The zero-order chi connectivity index (χ0) is 15.5. The standard InChI is InChI=1S/C17H16ClNO2S/c1-22(19,20)16-7-6-10(18)8-13(16)14-9-15-11-4-2-3-5-12(11)17(14)21-15/h2-8,14-15,17,19H,9H2,1H3/t14-,15-,17-,22?/m0/s1. The molecule has 1 saturated heterocycles. The maximum atomic E-state index is 12.3. The van der Waals surface area contributed by atoms with Crippen LogP contribution in [0.2, 0.25) is 5.02 Å². The minimum absolute atomic E-state index is 0.0276. The van der Waals surface area contributed by atoms with Gasteiger partial charge in [-0.25, -0.2) is 8.99 Å². The van der Waals surface area contributed by atoms with Crippen LogP contribution < -0.4 is 0 Å². The van der Waals surface area contributed by atoms with Gasteiger partial charge in [-0.2, -0.15) is 0 Å². The molecule has 1 fully saturated rings. The summed E-state index contributed by atoms with van der Waals surface area (Å²) in [6.07, 6.45) is 2.38. The van der Waals surface area contributed by atoms with Crippen molar-refractivity contribution >= 4 is 21.3 Å². The molecule has 3 nitrogen and oxygen atoms in total. The summed E-state index contributed by atoms with van der Waals surface area (Å²) in [6.45, 7) is 0. The molecule has 4 rings (SSSR count). The molecule has 5 heteroatoms. The van der Waals surface area contributed by atoms with E-state index in [1.807, 2.05) is 18.2 Å². The van der Waals surface area contributed by atoms with Crippen molar-refractivity contribution in [3.8, 4) is 0 Å². The number of hydrogen-bond acceptors (Lipinski definition) is 3. The Bertz CT molecular complexity index is 863. The maximum Gasteiger partial charge on any atom is 0.0906 e. The second-order valence-electron chi connectivity index (χ2n) is 6.04. The van der Waals surface area contributed by atoms with Gasteiger partial charge in [0.25, 0.3) is 0 Å². The fraction of sp³-hybridized carbons (Fsp3) is 0.294. The van der Waals surface area contributed by atoms with Gasteiger partial charge in [-0.05, 0) is 41.3 Å². The topological polar surface area (TPSA) is 50.2 Å². The second kappa shape index (κ2) is 4.82. The molecule has 0 radical (unpaired) electrons. The Hall–Kier alpha value is -1.36. The van der Waals surface area contributed by atoms with Crippen LogP contribution in [0.15, 0.2) is 47.4 Å². The van der Waals surface area contributed by atoms with E-state index in [1.165, 1.54) is 17.4 Å². The van der Waals surface area contributed by atoms with E-state index in [-0.39, 0.29) is 18.1 Å². The van der Waals surface area contributed by atoms with Gasteiger partial charge >= 0.3 is 0 Å². The lowest BCUT2D eigenvalue weighted by atomic mass is 9.80. The van der Waals surface area contributed by atoms with Gasteiger partial charge in [0.2, 0.25) is 0 Å². The summed E-state index contributed by atoms with van der Waals surface area (Å²) in [5.74, 6) is 0.111. The molecule has 2 aromatic rings. The molecule has 2 aliphatic heterocycles. The molecule has 1 unspecified atom stereocenters. The lowest BCUT2D eigenvalue weighted by Gasteiger charge is -2.24. The number of ether oxygens (including phenoxy) is 1. The maximum absolute atomic E-state index is 12.3. The summed E-state index contributed by atoms with van der Waals surface area (Å²) >= 11 is 6.15. The lowest BCUT2D eigenvalue weighted by molar-refractivity contribution is 0.0673. The van der Waals surface area contributed by atoms with Crippen molar-refractivity contribution in [1.82, 2.24) is 0 Å². The number of hydrogen-bond donors (Lipinski definition) is 1. The summed E-state index contributed by atoms with van der Waals surface area (Å²) in [5, 5.41) is 0.610. The van der Waals surface area contributed by atoms with Gasteiger partial charge in [-0.15, -0.1) is 0 Å². The summed E-state index contributed by atoms with van der Waals surface area (Å²) in [7, 11) is -2.80. The molecule has 0 saturated carbocycles. The third-order valence-electron chi connectivity index (χ3n) is 4.58. The number of nitrogens with one attached hydrogen (secondary N) is 1. The first-order valence-corrected chi connectivity index (χ1v) is 9.57. The summed E-state index contributed by atoms with van der Waals surface area (Å²) in [5.41, 5.74) is 3.37. The molecule has 0 amide bonds. The molecule has 114 valence electrons. The predicted molar refractivity (Wildman–Crippen MR) is 86.9 cm³/mol. The Kier molecular flexibility index (Phi) is 3.12. The molecule has 0 spiro atoms. The second-order valence-corrected chi connectivity index (χ2v) is 8.61. The van der Waals surface area contributed by atoms with Crippen LogP contribution in [-0.2, 0) is 14.5 Å². The fourth-order valence-electron chi connectivity index (χ4n) is 3.69. The van der Waals surface area contributed by atoms with E-state index in [1.54, 1.807) is 12.1 Å². The minimum Gasteiger partial charge on any atom is -0.365 e. The Morgan fingerprint density at radius 2 is 1.91 bits per heavy atom. The first-order valence-electron chi connectivity index (χ1n) is 7.22. The number of halogens is 1. The van der Waals surface area contributed by atoms with Gasteiger partial charge in [-0.1, -0.05) is 35.9 Å². The van der Waals surface area contributed by atoms with Gasteiger partial charge in [0.1, 0.15) is 0 Å². The van der Waals surface area contributed by atoms with Crippen molar-refractivity contribution in [2.45, 2.75) is 29.4 Å². The highest BCUT2D eigenvalue weighted by atomic mass is 35.5. The summed E-state index contributed by atoms with van der Waals surface area (Å²) < 4.78 is 26.4. The molecule has 1 N–H and O–H groups in total. The van der Waals surface area contributed by atoms with Crippen molar-refractivity contribution in [2.75, 3.05) is 6.26 Å². The van der Waals surface area contributed by atoms with E-state index in [2.05, 4.69) is 12.1 Å². The largest absolute Gasteiger partial charge is 0.365 e. The highest BCUT2D eigenvalue weighted by Crippen LogP contribution is 2.58. The van der Waals surface area contributed by atoms with Crippen molar-refractivity contribution in [3.63, 3.8) is 0 Å². The summed E-state index contributed by atoms with van der Waals surface area (Å²) in [4.78, 5) is 0.579. The first kappa shape index (κ1) is 14.2. The van der Waals surface area contributed by atoms with Crippen molar-refractivity contribution in [3.05, 3.63) is 64.2 Å². The normalized spacial score (nSPS) is 28.4. The van der Waals surface area contributed by atoms with Crippen LogP contribution in [0.1, 0.15) is 41.2 Å². The number of benzene rings is 2. The molecule has 22 heavy (non-hydrogen) atoms. The number of rotatable bonds is 2. The van der Waals surface area contributed by atoms with Crippen LogP contribution in [0.5, 0.6) is 0 Å². The van der Waals surface area contributed by atoms with E-state index in [4.69, 9.17) is 21.1 Å². The zero-order valence-electron chi connectivity index (χ0n) is 12.1. The highest BCUT2D eigenvalue weighted by Gasteiger charge is 2.46. The third kappa shape index (κ3) is 2.09. The molecule has 2 heterocycles. The predicted octanol–water partition coefficient (Wildman–Crippen LogP) is 4.68. The van der Waals surface area contributed by atoms with Gasteiger partial charge < -0.3 is 4.74 Å². The van der Waals surface area contributed by atoms with E-state index in [0.717, 1.165) is 12.0 Å². The van der Waals surface area contributed by atoms with E-state index in [0.29, 0.717) is 9.92 Å². The number of fused-ring (bicyclic) bond motifs is 5. The molecular formula is C17H16ClNO2S. The molecule has 0 aromatic heterocycles. The monoisotopic (exact) mass is 333 g/mol. The van der Waals surface area contributed by atoms with Crippen LogP contribution in [-0.4, -0.2) is 10.5 Å². The molecule has 4 atom stereocenters. The average Bonchev–Trinajstić information content (AvgIpc) is 3.05. The Morgan fingerprint density at radius 1 is 1.18 bits per heavy atom. The van der Waals surface area contributed by atoms with Crippen LogP contribution >= 0.6 is 11.6 Å². The summed E-state index contributed by atoms with van der Waals surface area (Å²) in [6, 6.07) is 13.6. The van der Waals surface area contributed by atoms with Crippen molar-refractivity contribution < 1.29 is 8.95 Å². The van der Waals surface area contributed by atoms with Gasteiger partial charge in [0.05, 0.1) is 26.8 Å². The van der Waals surface area contributed by atoms with Crippen LogP contribution in [0.4, 0.5) is 0 Å². The van der Waals surface area contributed by atoms with Crippen LogP contribution in [0.25, 0.3) is 0 Å². The quantitative estimate of drug-likeness (QED) is 0.867. The average molecular weight is 334 g/mol.